The second kappa shape index (κ2) is 7.66. The molecule has 0 spiro atoms. The van der Waals surface area contributed by atoms with Crippen molar-refractivity contribution in [3.63, 3.8) is 0 Å². The molecule has 6 heteroatoms. The van der Waals surface area contributed by atoms with Crippen LogP contribution in [-0.2, 0) is 12.6 Å². The van der Waals surface area contributed by atoms with E-state index < -0.39 is 11.7 Å². The molecule has 0 amide bonds. The zero-order valence-corrected chi connectivity index (χ0v) is 15.3. The van der Waals surface area contributed by atoms with Gasteiger partial charge in [-0.3, -0.25) is 0 Å². The van der Waals surface area contributed by atoms with Crippen LogP contribution in [-0.4, -0.2) is 16.6 Å². The Morgan fingerprint density at radius 2 is 1.96 bits per heavy atom. The Kier molecular flexibility index (Phi) is 5.51. The summed E-state index contributed by atoms with van der Waals surface area (Å²) in [6.07, 6.45) is -1.99. The quantitative estimate of drug-likeness (QED) is 0.680. The van der Waals surface area contributed by atoms with Crippen LogP contribution in [0.1, 0.15) is 42.5 Å². The standard InChI is InChI=1S/C20H21F3N2S/c1-2-14-7-5-8-15(13-14)24-19(26)25-12-6-11-18(25)16-9-3-4-10-17(16)20(21,22)23/h3-5,7-10,13,18H,2,6,11-12H2,1H3,(H,24,26). The maximum absolute atomic E-state index is 13.4. The van der Waals surface area contributed by atoms with Gasteiger partial charge in [-0.15, -0.1) is 0 Å². The van der Waals surface area contributed by atoms with Crippen LogP contribution in [0.25, 0.3) is 0 Å². The van der Waals surface area contributed by atoms with Crippen LogP contribution in [0.3, 0.4) is 0 Å². The first-order valence-corrected chi connectivity index (χ1v) is 9.13. The van der Waals surface area contributed by atoms with Crippen molar-refractivity contribution >= 4 is 23.0 Å². The van der Waals surface area contributed by atoms with Crippen LogP contribution in [0.5, 0.6) is 0 Å². The summed E-state index contributed by atoms with van der Waals surface area (Å²) in [6, 6.07) is 13.3. The van der Waals surface area contributed by atoms with Crippen LogP contribution in [0, 0.1) is 0 Å². The maximum atomic E-state index is 13.4. The van der Waals surface area contributed by atoms with Gasteiger partial charge in [0, 0.05) is 12.2 Å². The number of alkyl halides is 3. The van der Waals surface area contributed by atoms with Crippen molar-refractivity contribution in [2.24, 2.45) is 0 Å². The van der Waals surface area contributed by atoms with Crippen molar-refractivity contribution < 1.29 is 13.2 Å². The third kappa shape index (κ3) is 4.01. The van der Waals surface area contributed by atoms with E-state index in [2.05, 4.69) is 12.2 Å². The van der Waals surface area contributed by atoms with Gasteiger partial charge in [0.05, 0.1) is 11.6 Å². The molecule has 1 unspecified atom stereocenters. The topological polar surface area (TPSA) is 15.3 Å². The summed E-state index contributed by atoms with van der Waals surface area (Å²) in [6.45, 7) is 2.72. The number of hydrogen-bond acceptors (Lipinski definition) is 1. The van der Waals surface area contributed by atoms with E-state index in [-0.39, 0.29) is 6.04 Å². The van der Waals surface area contributed by atoms with E-state index in [1.165, 1.54) is 11.6 Å². The highest BCUT2D eigenvalue weighted by molar-refractivity contribution is 7.80. The molecule has 1 saturated heterocycles. The Morgan fingerprint density at radius 3 is 2.69 bits per heavy atom. The van der Waals surface area contributed by atoms with Crippen LogP contribution >= 0.6 is 12.2 Å². The molecule has 3 rings (SSSR count). The summed E-state index contributed by atoms with van der Waals surface area (Å²) in [5, 5.41) is 3.66. The molecular formula is C20H21F3N2S. The predicted molar refractivity (Wildman–Crippen MR) is 102 cm³/mol. The van der Waals surface area contributed by atoms with Gasteiger partial charge >= 0.3 is 6.18 Å². The molecule has 138 valence electrons. The summed E-state index contributed by atoms with van der Waals surface area (Å²) in [5.41, 5.74) is 1.76. The molecule has 1 N–H and O–H groups in total. The average molecular weight is 378 g/mol. The van der Waals surface area contributed by atoms with E-state index in [0.717, 1.165) is 24.6 Å². The number of nitrogens with one attached hydrogen (secondary N) is 1. The number of likely N-dealkylation sites (tertiary alicyclic amines) is 1. The molecule has 0 radical (unpaired) electrons. The van der Waals surface area contributed by atoms with Gasteiger partial charge in [-0.1, -0.05) is 37.3 Å². The summed E-state index contributed by atoms with van der Waals surface area (Å²) in [4.78, 5) is 1.87. The second-order valence-electron chi connectivity index (χ2n) is 6.42. The molecule has 1 fully saturated rings. The molecule has 1 atom stereocenters. The van der Waals surface area contributed by atoms with Crippen molar-refractivity contribution in [2.75, 3.05) is 11.9 Å². The number of rotatable bonds is 3. The smallest absolute Gasteiger partial charge is 0.342 e. The largest absolute Gasteiger partial charge is 0.416 e. The fourth-order valence-corrected chi connectivity index (χ4v) is 3.78. The normalized spacial score (nSPS) is 17.4. The first-order valence-electron chi connectivity index (χ1n) is 8.73. The van der Waals surface area contributed by atoms with E-state index in [4.69, 9.17) is 12.2 Å². The number of nitrogens with zero attached hydrogens (tertiary/aromatic N) is 1. The summed E-state index contributed by atoms with van der Waals surface area (Å²) < 4.78 is 40.2. The SMILES string of the molecule is CCc1cccc(NC(=S)N2CCCC2c2ccccc2C(F)(F)F)c1. The fraction of sp³-hybridized carbons (Fsp3) is 0.350. The number of halogens is 3. The Morgan fingerprint density at radius 1 is 1.19 bits per heavy atom. The second-order valence-corrected chi connectivity index (χ2v) is 6.81. The van der Waals surface area contributed by atoms with Gasteiger partial charge in [0.1, 0.15) is 0 Å². The van der Waals surface area contributed by atoms with Gasteiger partial charge in [-0.25, -0.2) is 0 Å². The van der Waals surface area contributed by atoms with Gasteiger partial charge in [0.15, 0.2) is 5.11 Å². The molecule has 26 heavy (non-hydrogen) atoms. The number of anilines is 1. The lowest BCUT2D eigenvalue weighted by Gasteiger charge is -2.29. The third-order valence-corrected chi connectivity index (χ3v) is 5.06. The van der Waals surface area contributed by atoms with Gasteiger partial charge in [0.25, 0.3) is 0 Å². The van der Waals surface area contributed by atoms with E-state index in [1.807, 2.05) is 29.2 Å². The lowest BCUT2D eigenvalue weighted by molar-refractivity contribution is -0.138. The molecule has 2 aromatic carbocycles. The highest BCUT2D eigenvalue weighted by atomic mass is 32.1. The van der Waals surface area contributed by atoms with Crippen LogP contribution < -0.4 is 5.32 Å². The molecule has 2 nitrogen and oxygen atoms in total. The molecular weight excluding hydrogens is 357 g/mol. The number of hydrogen-bond donors (Lipinski definition) is 1. The van der Waals surface area contributed by atoms with E-state index in [9.17, 15) is 13.2 Å². The molecule has 1 aliphatic rings. The van der Waals surface area contributed by atoms with E-state index in [1.54, 1.807) is 12.1 Å². The van der Waals surface area contributed by atoms with Crippen molar-refractivity contribution in [1.29, 1.82) is 0 Å². The van der Waals surface area contributed by atoms with Crippen molar-refractivity contribution in [1.82, 2.24) is 4.90 Å². The van der Waals surface area contributed by atoms with Gasteiger partial charge in [0.2, 0.25) is 0 Å². The molecule has 0 saturated carbocycles. The number of thiocarbonyl (C=S) groups is 1. The Bertz CT molecular complexity index is 789. The molecule has 0 aliphatic carbocycles. The van der Waals surface area contributed by atoms with E-state index in [0.29, 0.717) is 23.6 Å². The molecule has 1 heterocycles. The maximum Gasteiger partial charge on any atom is 0.416 e. The highest BCUT2D eigenvalue weighted by Gasteiger charge is 2.38. The fourth-order valence-electron chi connectivity index (χ4n) is 3.44. The molecule has 0 aromatic heterocycles. The third-order valence-electron chi connectivity index (χ3n) is 4.73. The lowest BCUT2D eigenvalue weighted by atomic mass is 9.98. The van der Waals surface area contributed by atoms with Crippen LogP contribution in [0.2, 0.25) is 0 Å². The monoisotopic (exact) mass is 378 g/mol. The first kappa shape index (κ1) is 18.7. The number of aryl methyl sites for hydroxylation is 1. The minimum Gasteiger partial charge on any atom is -0.342 e. The van der Waals surface area contributed by atoms with Gasteiger partial charge in [-0.2, -0.15) is 13.2 Å². The summed E-state index contributed by atoms with van der Waals surface area (Å²) in [7, 11) is 0. The zero-order chi connectivity index (χ0) is 18.7. The predicted octanol–water partition coefficient (Wildman–Crippen LogP) is 5.80. The van der Waals surface area contributed by atoms with Crippen LogP contribution in [0.4, 0.5) is 18.9 Å². The Labute approximate surface area is 157 Å². The van der Waals surface area contributed by atoms with Crippen molar-refractivity contribution in [3.05, 3.63) is 65.2 Å². The zero-order valence-electron chi connectivity index (χ0n) is 14.5. The van der Waals surface area contributed by atoms with E-state index >= 15 is 0 Å². The number of benzene rings is 2. The van der Waals surface area contributed by atoms with Crippen molar-refractivity contribution in [2.45, 2.75) is 38.4 Å². The molecule has 0 bridgehead atoms. The highest BCUT2D eigenvalue weighted by Crippen LogP contribution is 2.40. The molecule has 2 aromatic rings. The Hall–Kier alpha value is -2.08. The summed E-state index contributed by atoms with van der Waals surface area (Å²) >= 11 is 5.52. The summed E-state index contributed by atoms with van der Waals surface area (Å²) in [5.74, 6) is 0. The first-order chi connectivity index (χ1) is 12.4. The van der Waals surface area contributed by atoms with Gasteiger partial charge in [-0.05, 0) is 60.8 Å². The minimum atomic E-state index is -4.37. The minimum absolute atomic E-state index is 0.295. The van der Waals surface area contributed by atoms with Gasteiger partial charge < -0.3 is 10.2 Å². The van der Waals surface area contributed by atoms with Crippen molar-refractivity contribution in [3.8, 4) is 0 Å². The average Bonchev–Trinajstić information content (AvgIpc) is 3.11. The molecule has 1 aliphatic heterocycles. The van der Waals surface area contributed by atoms with Crippen LogP contribution in [0.15, 0.2) is 48.5 Å². The lowest BCUT2D eigenvalue weighted by Crippen LogP contribution is -2.35. The Balaban J connectivity index is 1.83.